The number of nitrogen functional groups attached to an aromatic ring is 1. The van der Waals surface area contributed by atoms with E-state index in [9.17, 15) is 14.7 Å². The topological polar surface area (TPSA) is 107 Å². The number of pyridine rings is 2. The standard InChI is InChI=1S/C18H17N3O4/c1-3-21-16-10(12-9-20-8-7-13(12)25-2)5-4-6-11(16)15(19)14(17(21)22)18(23)24/h4-9H,3,19H2,1-2H3,(H,23,24). The summed E-state index contributed by atoms with van der Waals surface area (Å²) in [6.07, 6.45) is 3.25. The van der Waals surface area contributed by atoms with Crippen LogP contribution in [0.15, 0.2) is 41.5 Å². The van der Waals surface area contributed by atoms with Gasteiger partial charge in [0.2, 0.25) is 0 Å². The minimum Gasteiger partial charge on any atom is -0.496 e. The zero-order chi connectivity index (χ0) is 18.1. The number of carboxylic acid groups (broad SMARTS) is 1. The Morgan fingerprint density at radius 1 is 1.32 bits per heavy atom. The maximum Gasteiger partial charge on any atom is 0.343 e. The minimum absolute atomic E-state index is 0.0399. The van der Waals surface area contributed by atoms with E-state index in [1.807, 2.05) is 6.07 Å². The predicted octanol–water partition coefficient (Wildman–Crippen LogP) is 2.37. The second-order valence-electron chi connectivity index (χ2n) is 5.42. The Morgan fingerprint density at radius 3 is 2.72 bits per heavy atom. The van der Waals surface area contributed by atoms with Crippen molar-refractivity contribution in [2.45, 2.75) is 13.5 Å². The molecule has 0 amide bonds. The molecule has 128 valence electrons. The number of aromatic carboxylic acids is 1. The first-order chi connectivity index (χ1) is 12.0. The van der Waals surface area contributed by atoms with Gasteiger partial charge in [0.1, 0.15) is 11.3 Å². The number of methoxy groups -OCH3 is 1. The van der Waals surface area contributed by atoms with Gasteiger partial charge >= 0.3 is 5.97 Å². The fourth-order valence-electron chi connectivity index (χ4n) is 3.03. The average Bonchev–Trinajstić information content (AvgIpc) is 2.61. The Morgan fingerprint density at radius 2 is 2.08 bits per heavy atom. The summed E-state index contributed by atoms with van der Waals surface area (Å²) >= 11 is 0. The Balaban J connectivity index is 2.52. The number of nitrogens with two attached hydrogens (primary N) is 1. The fourth-order valence-corrected chi connectivity index (χ4v) is 3.03. The van der Waals surface area contributed by atoms with Crippen LogP contribution in [0.3, 0.4) is 0 Å². The Hall–Kier alpha value is -3.35. The third kappa shape index (κ3) is 2.50. The van der Waals surface area contributed by atoms with E-state index in [1.165, 1.54) is 4.57 Å². The molecule has 0 fully saturated rings. The first kappa shape index (κ1) is 16.5. The van der Waals surface area contributed by atoms with Crippen molar-refractivity contribution in [1.82, 2.24) is 9.55 Å². The molecule has 0 bridgehead atoms. The van der Waals surface area contributed by atoms with E-state index in [-0.39, 0.29) is 5.69 Å². The van der Waals surface area contributed by atoms with Crippen LogP contribution in [0.5, 0.6) is 5.75 Å². The summed E-state index contributed by atoms with van der Waals surface area (Å²) in [7, 11) is 1.55. The molecule has 3 N–H and O–H groups in total. The fraction of sp³-hybridized carbons (Fsp3) is 0.167. The molecular weight excluding hydrogens is 322 g/mol. The van der Waals surface area contributed by atoms with Gasteiger partial charge in [-0.2, -0.15) is 0 Å². The maximum absolute atomic E-state index is 12.7. The SMILES string of the molecule is CCn1c(=O)c(C(=O)O)c(N)c2cccc(-c3cnccc3OC)c21. The Bertz CT molecular complexity index is 1040. The van der Waals surface area contributed by atoms with Gasteiger partial charge in [-0.25, -0.2) is 4.79 Å². The lowest BCUT2D eigenvalue weighted by Gasteiger charge is -2.17. The van der Waals surface area contributed by atoms with Crippen LogP contribution in [0.25, 0.3) is 22.0 Å². The van der Waals surface area contributed by atoms with Crippen molar-refractivity contribution < 1.29 is 14.6 Å². The summed E-state index contributed by atoms with van der Waals surface area (Å²) in [6, 6.07) is 7.01. The second-order valence-corrected chi connectivity index (χ2v) is 5.42. The van der Waals surface area contributed by atoms with Crippen LogP contribution in [-0.4, -0.2) is 27.7 Å². The maximum atomic E-state index is 12.7. The van der Waals surface area contributed by atoms with Gasteiger partial charge in [0.15, 0.2) is 0 Å². The van der Waals surface area contributed by atoms with Gasteiger partial charge < -0.3 is 20.1 Å². The van der Waals surface area contributed by atoms with Crippen LogP contribution < -0.4 is 16.0 Å². The molecule has 7 heteroatoms. The van der Waals surface area contributed by atoms with Crippen LogP contribution in [0, 0.1) is 0 Å². The second kappa shape index (κ2) is 6.27. The van der Waals surface area contributed by atoms with E-state index in [1.54, 1.807) is 44.6 Å². The van der Waals surface area contributed by atoms with Crippen molar-refractivity contribution in [2.24, 2.45) is 0 Å². The van der Waals surface area contributed by atoms with Gasteiger partial charge in [0.25, 0.3) is 5.56 Å². The molecule has 0 radical (unpaired) electrons. The number of rotatable bonds is 4. The van der Waals surface area contributed by atoms with E-state index in [4.69, 9.17) is 10.5 Å². The van der Waals surface area contributed by atoms with E-state index in [0.717, 1.165) is 0 Å². The molecule has 2 heterocycles. The number of hydrogen-bond donors (Lipinski definition) is 2. The number of aryl methyl sites for hydroxylation is 1. The van der Waals surface area contributed by atoms with Gasteiger partial charge in [-0.05, 0) is 13.0 Å². The smallest absolute Gasteiger partial charge is 0.343 e. The first-order valence-electron chi connectivity index (χ1n) is 7.67. The highest BCUT2D eigenvalue weighted by atomic mass is 16.5. The number of carboxylic acids is 1. The monoisotopic (exact) mass is 339 g/mol. The minimum atomic E-state index is -1.34. The summed E-state index contributed by atoms with van der Waals surface area (Å²) in [5.41, 5.74) is 6.89. The molecule has 0 aliphatic heterocycles. The van der Waals surface area contributed by atoms with E-state index in [0.29, 0.717) is 34.3 Å². The largest absolute Gasteiger partial charge is 0.496 e. The molecule has 2 aromatic heterocycles. The van der Waals surface area contributed by atoms with Gasteiger partial charge in [0, 0.05) is 35.5 Å². The molecule has 1 aromatic carbocycles. The highest BCUT2D eigenvalue weighted by Crippen LogP contribution is 2.36. The third-order valence-electron chi connectivity index (χ3n) is 4.15. The van der Waals surface area contributed by atoms with Crippen molar-refractivity contribution in [3.63, 3.8) is 0 Å². The molecular formula is C18H17N3O4. The molecule has 0 saturated heterocycles. The molecule has 0 unspecified atom stereocenters. The number of nitrogens with zero attached hydrogens (tertiary/aromatic N) is 2. The summed E-state index contributed by atoms with van der Waals surface area (Å²) < 4.78 is 6.81. The zero-order valence-electron chi connectivity index (χ0n) is 13.8. The lowest BCUT2D eigenvalue weighted by molar-refractivity contribution is 0.0695. The van der Waals surface area contributed by atoms with E-state index in [2.05, 4.69) is 4.98 Å². The Labute approximate surface area is 143 Å². The summed E-state index contributed by atoms with van der Waals surface area (Å²) in [6.45, 7) is 2.08. The quantitative estimate of drug-likeness (QED) is 0.755. The summed E-state index contributed by atoms with van der Waals surface area (Å²) in [4.78, 5) is 28.3. The normalized spacial score (nSPS) is 10.8. The molecule has 0 aliphatic rings. The number of ether oxygens (including phenoxy) is 1. The highest BCUT2D eigenvalue weighted by molar-refractivity contribution is 6.07. The van der Waals surface area contributed by atoms with Crippen LogP contribution in [-0.2, 0) is 6.54 Å². The zero-order valence-corrected chi connectivity index (χ0v) is 13.8. The van der Waals surface area contributed by atoms with Gasteiger partial charge in [-0.3, -0.25) is 9.78 Å². The number of carbonyl (C=O) groups is 1. The van der Waals surface area contributed by atoms with E-state index < -0.39 is 17.1 Å². The number of hydrogen-bond acceptors (Lipinski definition) is 5. The van der Waals surface area contributed by atoms with Crippen LogP contribution >= 0.6 is 0 Å². The molecule has 7 nitrogen and oxygen atoms in total. The van der Waals surface area contributed by atoms with Crippen LogP contribution in [0.2, 0.25) is 0 Å². The summed E-state index contributed by atoms with van der Waals surface area (Å²) in [5, 5.41) is 9.87. The Kier molecular flexibility index (Phi) is 4.14. The molecule has 3 rings (SSSR count). The molecule has 3 aromatic rings. The molecule has 0 spiro atoms. The van der Waals surface area contributed by atoms with Gasteiger partial charge in [-0.1, -0.05) is 18.2 Å². The molecule has 0 aliphatic carbocycles. The molecule has 0 atom stereocenters. The number of aromatic nitrogens is 2. The lowest BCUT2D eigenvalue weighted by atomic mass is 9.99. The van der Waals surface area contributed by atoms with Gasteiger partial charge in [0.05, 0.1) is 18.3 Å². The number of para-hydroxylation sites is 1. The lowest BCUT2D eigenvalue weighted by Crippen LogP contribution is -2.28. The van der Waals surface area contributed by atoms with Gasteiger partial charge in [-0.15, -0.1) is 0 Å². The van der Waals surface area contributed by atoms with Crippen molar-refractivity contribution in [3.8, 4) is 16.9 Å². The first-order valence-corrected chi connectivity index (χ1v) is 7.67. The average molecular weight is 339 g/mol. The van der Waals surface area contributed by atoms with Crippen molar-refractivity contribution in [1.29, 1.82) is 0 Å². The summed E-state index contributed by atoms with van der Waals surface area (Å²) in [5.74, 6) is -0.741. The highest BCUT2D eigenvalue weighted by Gasteiger charge is 2.22. The van der Waals surface area contributed by atoms with Crippen molar-refractivity contribution in [2.75, 3.05) is 12.8 Å². The number of anilines is 1. The molecule has 25 heavy (non-hydrogen) atoms. The van der Waals surface area contributed by atoms with Crippen LogP contribution in [0.4, 0.5) is 5.69 Å². The molecule has 0 saturated carbocycles. The number of benzene rings is 1. The predicted molar refractivity (Wildman–Crippen MR) is 95.0 cm³/mol. The van der Waals surface area contributed by atoms with E-state index >= 15 is 0 Å². The van der Waals surface area contributed by atoms with Crippen molar-refractivity contribution in [3.05, 3.63) is 52.6 Å². The number of fused-ring (bicyclic) bond motifs is 1. The van der Waals surface area contributed by atoms with Crippen LogP contribution in [0.1, 0.15) is 17.3 Å². The third-order valence-corrected chi connectivity index (χ3v) is 4.15. The van der Waals surface area contributed by atoms with Crippen molar-refractivity contribution >= 4 is 22.6 Å².